The van der Waals surface area contributed by atoms with Crippen molar-refractivity contribution in [3.8, 4) is 0 Å². The van der Waals surface area contributed by atoms with Crippen molar-refractivity contribution in [1.82, 2.24) is 5.32 Å². The first-order chi connectivity index (χ1) is 7.74. The maximum absolute atomic E-state index is 11.5. The summed E-state index contributed by atoms with van der Waals surface area (Å²) in [4.78, 5) is 11.5. The zero-order valence-electron chi connectivity index (χ0n) is 10.5. The average molecular weight is 226 g/mol. The van der Waals surface area contributed by atoms with Gasteiger partial charge in [0.25, 0.3) is 0 Å². The molecule has 0 unspecified atom stereocenters. The molecule has 3 heteroatoms. The van der Waals surface area contributed by atoms with E-state index < -0.39 is 0 Å². The van der Waals surface area contributed by atoms with Crippen LogP contribution in [0.2, 0.25) is 0 Å². The molecule has 1 saturated carbocycles. The van der Waals surface area contributed by atoms with E-state index in [1.165, 1.54) is 32.1 Å². The van der Waals surface area contributed by atoms with Crippen LogP contribution >= 0.6 is 0 Å². The summed E-state index contributed by atoms with van der Waals surface area (Å²) in [6, 6.07) is -0.309. The SMILES string of the molecule is CCC[C@H](N)C(=O)NCCC1CCCCC1. The van der Waals surface area contributed by atoms with E-state index in [1.807, 2.05) is 0 Å². The molecule has 0 aliphatic heterocycles. The fourth-order valence-corrected chi connectivity index (χ4v) is 2.45. The van der Waals surface area contributed by atoms with Crippen LogP contribution in [0.3, 0.4) is 0 Å². The Morgan fingerprint density at radius 3 is 2.69 bits per heavy atom. The van der Waals surface area contributed by atoms with Crippen molar-refractivity contribution in [3.63, 3.8) is 0 Å². The van der Waals surface area contributed by atoms with Gasteiger partial charge < -0.3 is 11.1 Å². The van der Waals surface area contributed by atoms with Crippen molar-refractivity contribution in [2.24, 2.45) is 11.7 Å². The van der Waals surface area contributed by atoms with E-state index in [2.05, 4.69) is 12.2 Å². The van der Waals surface area contributed by atoms with Crippen LogP contribution in [0.1, 0.15) is 58.3 Å². The molecule has 94 valence electrons. The molecule has 3 nitrogen and oxygen atoms in total. The minimum atomic E-state index is -0.309. The van der Waals surface area contributed by atoms with Gasteiger partial charge in [-0.25, -0.2) is 0 Å². The number of nitrogens with two attached hydrogens (primary N) is 1. The number of carbonyl (C=O) groups excluding carboxylic acids is 1. The fourth-order valence-electron chi connectivity index (χ4n) is 2.45. The first-order valence-corrected chi connectivity index (χ1v) is 6.77. The normalized spacial score (nSPS) is 19.4. The van der Waals surface area contributed by atoms with Gasteiger partial charge in [0.05, 0.1) is 6.04 Å². The Labute approximate surface area is 99.2 Å². The average Bonchev–Trinajstić information content (AvgIpc) is 2.30. The third kappa shape index (κ3) is 4.97. The largest absolute Gasteiger partial charge is 0.355 e. The number of hydrogen-bond acceptors (Lipinski definition) is 2. The van der Waals surface area contributed by atoms with Crippen LogP contribution in [0, 0.1) is 5.92 Å². The minimum absolute atomic E-state index is 0.0256. The molecule has 0 aromatic carbocycles. The highest BCUT2D eigenvalue weighted by molar-refractivity contribution is 5.81. The highest BCUT2D eigenvalue weighted by atomic mass is 16.2. The smallest absolute Gasteiger partial charge is 0.236 e. The monoisotopic (exact) mass is 226 g/mol. The van der Waals surface area contributed by atoms with Gasteiger partial charge in [-0.3, -0.25) is 4.79 Å². The van der Waals surface area contributed by atoms with Gasteiger partial charge in [0.1, 0.15) is 0 Å². The number of nitrogens with one attached hydrogen (secondary N) is 1. The predicted octanol–water partition coefficient (Wildman–Crippen LogP) is 2.20. The van der Waals surface area contributed by atoms with Crippen LogP contribution < -0.4 is 11.1 Å². The van der Waals surface area contributed by atoms with Crippen molar-refractivity contribution in [1.29, 1.82) is 0 Å². The standard InChI is InChI=1S/C13H26N2O/c1-2-6-12(14)13(16)15-10-9-11-7-4-3-5-8-11/h11-12H,2-10,14H2,1H3,(H,15,16)/t12-/m0/s1. The van der Waals surface area contributed by atoms with Crippen molar-refractivity contribution in [2.45, 2.75) is 64.3 Å². The molecular formula is C13H26N2O. The highest BCUT2D eigenvalue weighted by Crippen LogP contribution is 2.25. The van der Waals surface area contributed by atoms with Crippen molar-refractivity contribution >= 4 is 5.91 Å². The second-order valence-electron chi connectivity index (χ2n) is 4.98. The molecule has 0 heterocycles. The first kappa shape index (κ1) is 13.5. The molecule has 1 atom stereocenters. The Morgan fingerprint density at radius 1 is 1.38 bits per heavy atom. The lowest BCUT2D eigenvalue weighted by atomic mass is 9.87. The second-order valence-corrected chi connectivity index (χ2v) is 4.98. The van der Waals surface area contributed by atoms with Crippen LogP contribution in [-0.4, -0.2) is 18.5 Å². The van der Waals surface area contributed by atoms with Crippen molar-refractivity contribution < 1.29 is 4.79 Å². The summed E-state index contributed by atoms with van der Waals surface area (Å²) in [5.41, 5.74) is 5.73. The summed E-state index contributed by atoms with van der Waals surface area (Å²) in [5.74, 6) is 0.856. The number of hydrogen-bond donors (Lipinski definition) is 2. The molecule has 1 rings (SSSR count). The Balaban J connectivity index is 2.07. The summed E-state index contributed by atoms with van der Waals surface area (Å²) >= 11 is 0. The van der Waals surface area contributed by atoms with Crippen molar-refractivity contribution in [3.05, 3.63) is 0 Å². The molecule has 1 fully saturated rings. The summed E-state index contributed by atoms with van der Waals surface area (Å²) in [6.07, 6.45) is 9.71. The van der Waals surface area contributed by atoms with Crippen LogP contribution in [-0.2, 0) is 4.79 Å². The second kappa shape index (κ2) is 7.66. The molecule has 1 amide bonds. The summed E-state index contributed by atoms with van der Waals surface area (Å²) in [5, 5.41) is 2.95. The summed E-state index contributed by atoms with van der Waals surface area (Å²) in [6.45, 7) is 2.86. The molecule has 1 aliphatic rings. The van der Waals surface area contributed by atoms with E-state index in [0.717, 1.165) is 31.7 Å². The number of amides is 1. The molecular weight excluding hydrogens is 200 g/mol. The lowest BCUT2D eigenvalue weighted by Gasteiger charge is -2.21. The minimum Gasteiger partial charge on any atom is -0.355 e. The molecule has 0 aromatic rings. The Morgan fingerprint density at radius 2 is 2.06 bits per heavy atom. The number of carbonyl (C=O) groups is 1. The Bertz CT molecular complexity index is 200. The van der Waals surface area contributed by atoms with E-state index in [1.54, 1.807) is 0 Å². The van der Waals surface area contributed by atoms with Crippen LogP contribution in [0.25, 0.3) is 0 Å². The van der Waals surface area contributed by atoms with Crippen LogP contribution in [0.4, 0.5) is 0 Å². The fraction of sp³-hybridized carbons (Fsp3) is 0.923. The third-order valence-electron chi connectivity index (χ3n) is 3.51. The van der Waals surface area contributed by atoms with Gasteiger partial charge in [-0.15, -0.1) is 0 Å². The first-order valence-electron chi connectivity index (χ1n) is 6.77. The van der Waals surface area contributed by atoms with Gasteiger partial charge in [-0.1, -0.05) is 45.4 Å². The zero-order valence-corrected chi connectivity index (χ0v) is 10.5. The van der Waals surface area contributed by atoms with Crippen molar-refractivity contribution in [2.75, 3.05) is 6.54 Å². The molecule has 0 radical (unpaired) electrons. The highest BCUT2D eigenvalue weighted by Gasteiger charge is 2.15. The van der Waals surface area contributed by atoms with Gasteiger partial charge in [-0.05, 0) is 18.8 Å². The quantitative estimate of drug-likeness (QED) is 0.729. The molecule has 0 aromatic heterocycles. The number of rotatable bonds is 6. The van der Waals surface area contributed by atoms with Crippen LogP contribution in [0.15, 0.2) is 0 Å². The topological polar surface area (TPSA) is 55.1 Å². The van der Waals surface area contributed by atoms with Crippen LogP contribution in [0.5, 0.6) is 0 Å². The summed E-state index contributed by atoms with van der Waals surface area (Å²) in [7, 11) is 0. The lowest BCUT2D eigenvalue weighted by Crippen LogP contribution is -2.41. The van der Waals surface area contributed by atoms with E-state index in [9.17, 15) is 4.79 Å². The van der Waals surface area contributed by atoms with Gasteiger partial charge >= 0.3 is 0 Å². The Kier molecular flexibility index (Phi) is 6.46. The maximum atomic E-state index is 11.5. The molecule has 1 aliphatic carbocycles. The van der Waals surface area contributed by atoms with Gasteiger partial charge in [0.2, 0.25) is 5.91 Å². The lowest BCUT2D eigenvalue weighted by molar-refractivity contribution is -0.122. The molecule has 0 spiro atoms. The van der Waals surface area contributed by atoms with Gasteiger partial charge in [-0.2, -0.15) is 0 Å². The van der Waals surface area contributed by atoms with Gasteiger partial charge in [0, 0.05) is 6.54 Å². The Hall–Kier alpha value is -0.570. The van der Waals surface area contributed by atoms with E-state index in [4.69, 9.17) is 5.73 Å². The maximum Gasteiger partial charge on any atom is 0.236 e. The van der Waals surface area contributed by atoms with E-state index >= 15 is 0 Å². The third-order valence-corrected chi connectivity index (χ3v) is 3.51. The van der Waals surface area contributed by atoms with E-state index in [0.29, 0.717) is 0 Å². The molecule has 3 N–H and O–H groups in total. The summed E-state index contributed by atoms with van der Waals surface area (Å²) < 4.78 is 0. The van der Waals surface area contributed by atoms with Gasteiger partial charge in [0.15, 0.2) is 0 Å². The molecule has 0 saturated heterocycles. The predicted molar refractivity (Wildman–Crippen MR) is 67.1 cm³/mol. The van der Waals surface area contributed by atoms with E-state index in [-0.39, 0.29) is 11.9 Å². The molecule has 0 bridgehead atoms. The molecule has 16 heavy (non-hydrogen) atoms. The zero-order chi connectivity index (χ0) is 11.8.